The lowest BCUT2D eigenvalue weighted by Gasteiger charge is -2.31. The van der Waals surface area contributed by atoms with E-state index >= 15 is 0 Å². The summed E-state index contributed by atoms with van der Waals surface area (Å²) in [7, 11) is 0. The molecule has 5 nitrogen and oxygen atoms in total. The highest BCUT2D eigenvalue weighted by Gasteiger charge is 2.20. The standard InChI is InChI=1S/C21H29NO4/c23-11-13-25-17-21(18-26-14-12-24)22(15-19-7-3-1-4-8-19)16-20-9-5-2-6-10-20/h1-10,21,23-24H,11-18H2. The summed E-state index contributed by atoms with van der Waals surface area (Å²) in [4.78, 5) is 2.32. The van der Waals surface area contributed by atoms with E-state index in [2.05, 4.69) is 29.2 Å². The van der Waals surface area contributed by atoms with Gasteiger partial charge in [0, 0.05) is 13.1 Å². The predicted octanol–water partition coefficient (Wildman–Crippen LogP) is 2.08. The highest BCUT2D eigenvalue weighted by Crippen LogP contribution is 2.14. The minimum absolute atomic E-state index is 0.00158. The van der Waals surface area contributed by atoms with Crippen LogP contribution >= 0.6 is 0 Å². The molecule has 0 radical (unpaired) electrons. The number of aliphatic hydroxyl groups is 2. The average molecular weight is 359 g/mol. The van der Waals surface area contributed by atoms with E-state index in [0.29, 0.717) is 26.4 Å². The molecule has 0 aliphatic carbocycles. The quantitative estimate of drug-likeness (QED) is 0.536. The maximum Gasteiger partial charge on any atom is 0.0698 e. The third-order valence-corrected chi connectivity index (χ3v) is 4.07. The Labute approximate surface area is 155 Å². The normalized spacial score (nSPS) is 11.4. The first-order chi connectivity index (χ1) is 12.8. The second-order valence-corrected chi connectivity index (χ2v) is 6.13. The minimum atomic E-state index is 0.00158. The van der Waals surface area contributed by atoms with Crippen molar-refractivity contribution in [2.24, 2.45) is 0 Å². The van der Waals surface area contributed by atoms with Gasteiger partial charge < -0.3 is 19.7 Å². The van der Waals surface area contributed by atoms with Crippen LogP contribution in [0.25, 0.3) is 0 Å². The first-order valence-electron chi connectivity index (χ1n) is 9.02. The zero-order valence-corrected chi connectivity index (χ0v) is 15.2. The lowest BCUT2D eigenvalue weighted by Crippen LogP contribution is -2.41. The Hall–Kier alpha value is -1.76. The summed E-state index contributed by atoms with van der Waals surface area (Å²) < 4.78 is 11.2. The van der Waals surface area contributed by atoms with Crippen molar-refractivity contribution in [3.8, 4) is 0 Å². The molecule has 0 aliphatic heterocycles. The molecule has 2 aromatic carbocycles. The molecule has 0 spiro atoms. The SMILES string of the molecule is OCCOCC(COCCO)N(Cc1ccccc1)Cc1ccccc1. The molecule has 0 amide bonds. The Morgan fingerprint density at radius 1 is 0.692 bits per heavy atom. The Morgan fingerprint density at radius 2 is 1.12 bits per heavy atom. The van der Waals surface area contributed by atoms with Crippen molar-refractivity contribution < 1.29 is 19.7 Å². The average Bonchev–Trinajstić information content (AvgIpc) is 2.68. The number of nitrogens with zero attached hydrogens (tertiary/aromatic N) is 1. The summed E-state index contributed by atoms with van der Waals surface area (Å²) in [6, 6.07) is 20.6. The van der Waals surface area contributed by atoms with Crippen LogP contribution in [0.2, 0.25) is 0 Å². The van der Waals surface area contributed by atoms with E-state index in [0.717, 1.165) is 13.1 Å². The highest BCUT2D eigenvalue weighted by atomic mass is 16.5. The van der Waals surface area contributed by atoms with Crippen molar-refractivity contribution in [1.82, 2.24) is 4.90 Å². The molecular weight excluding hydrogens is 330 g/mol. The van der Waals surface area contributed by atoms with Gasteiger partial charge in [-0.15, -0.1) is 0 Å². The molecule has 0 unspecified atom stereocenters. The maximum atomic E-state index is 9.00. The molecule has 2 N–H and O–H groups in total. The predicted molar refractivity (Wildman–Crippen MR) is 102 cm³/mol. The lowest BCUT2D eigenvalue weighted by atomic mass is 10.1. The second kappa shape index (κ2) is 12.6. The Morgan fingerprint density at radius 3 is 1.50 bits per heavy atom. The summed E-state index contributed by atoms with van der Waals surface area (Å²) in [6.45, 7) is 3.08. The van der Waals surface area contributed by atoms with Crippen LogP contribution in [0, 0.1) is 0 Å². The van der Waals surface area contributed by atoms with Crippen molar-refractivity contribution in [1.29, 1.82) is 0 Å². The van der Waals surface area contributed by atoms with Gasteiger partial charge in [0.15, 0.2) is 0 Å². The smallest absolute Gasteiger partial charge is 0.0698 e. The Balaban J connectivity index is 2.11. The minimum Gasteiger partial charge on any atom is -0.394 e. The molecule has 5 heteroatoms. The fourth-order valence-corrected chi connectivity index (χ4v) is 2.78. The number of rotatable bonds is 13. The number of benzene rings is 2. The molecule has 0 heterocycles. The van der Waals surface area contributed by atoms with Crippen molar-refractivity contribution in [2.45, 2.75) is 19.1 Å². The molecule has 0 fully saturated rings. The molecule has 0 bridgehead atoms. The van der Waals surface area contributed by atoms with E-state index in [9.17, 15) is 0 Å². The van der Waals surface area contributed by atoms with Gasteiger partial charge in [-0.3, -0.25) is 4.90 Å². The third kappa shape index (κ3) is 7.64. The van der Waals surface area contributed by atoms with E-state index in [4.69, 9.17) is 19.7 Å². The first kappa shape index (κ1) is 20.6. The number of hydrogen-bond donors (Lipinski definition) is 2. The zero-order chi connectivity index (χ0) is 18.5. The van der Waals surface area contributed by atoms with Gasteiger partial charge in [0.25, 0.3) is 0 Å². The van der Waals surface area contributed by atoms with Crippen molar-refractivity contribution in [3.05, 3.63) is 71.8 Å². The fraction of sp³-hybridized carbons (Fsp3) is 0.429. The Kier molecular flexibility index (Phi) is 9.94. The van der Waals surface area contributed by atoms with Gasteiger partial charge in [-0.25, -0.2) is 0 Å². The van der Waals surface area contributed by atoms with Crippen LogP contribution in [-0.4, -0.2) is 60.8 Å². The van der Waals surface area contributed by atoms with E-state index in [1.165, 1.54) is 11.1 Å². The molecular formula is C21H29NO4. The van der Waals surface area contributed by atoms with Crippen molar-refractivity contribution in [2.75, 3.05) is 39.6 Å². The zero-order valence-electron chi connectivity index (χ0n) is 15.2. The van der Waals surface area contributed by atoms with Gasteiger partial charge >= 0.3 is 0 Å². The van der Waals surface area contributed by atoms with Crippen LogP contribution in [0.3, 0.4) is 0 Å². The summed E-state index contributed by atoms with van der Waals surface area (Å²) >= 11 is 0. The van der Waals surface area contributed by atoms with Crippen LogP contribution in [0.1, 0.15) is 11.1 Å². The largest absolute Gasteiger partial charge is 0.394 e. The third-order valence-electron chi connectivity index (χ3n) is 4.07. The van der Waals surface area contributed by atoms with Gasteiger partial charge in [-0.2, -0.15) is 0 Å². The van der Waals surface area contributed by atoms with Gasteiger partial charge in [-0.1, -0.05) is 60.7 Å². The van der Waals surface area contributed by atoms with E-state index in [-0.39, 0.29) is 19.3 Å². The lowest BCUT2D eigenvalue weighted by molar-refractivity contribution is -0.0153. The van der Waals surface area contributed by atoms with Gasteiger partial charge in [0.05, 0.1) is 45.7 Å². The summed E-state index contributed by atoms with van der Waals surface area (Å²) in [5.74, 6) is 0. The highest BCUT2D eigenvalue weighted by molar-refractivity contribution is 5.17. The van der Waals surface area contributed by atoms with E-state index < -0.39 is 0 Å². The number of aliphatic hydroxyl groups excluding tert-OH is 2. The van der Waals surface area contributed by atoms with Gasteiger partial charge in [-0.05, 0) is 11.1 Å². The van der Waals surface area contributed by atoms with Crippen molar-refractivity contribution >= 4 is 0 Å². The topological polar surface area (TPSA) is 62.2 Å². The molecule has 2 aromatic rings. The molecule has 2 rings (SSSR count). The molecule has 0 atom stereocenters. The molecule has 26 heavy (non-hydrogen) atoms. The van der Waals surface area contributed by atoms with Crippen molar-refractivity contribution in [3.63, 3.8) is 0 Å². The van der Waals surface area contributed by atoms with Gasteiger partial charge in [0.1, 0.15) is 0 Å². The summed E-state index contributed by atoms with van der Waals surface area (Å²) in [5.41, 5.74) is 2.44. The maximum absolute atomic E-state index is 9.00. The van der Waals surface area contributed by atoms with Crippen LogP contribution in [-0.2, 0) is 22.6 Å². The molecule has 0 saturated carbocycles. The molecule has 0 aromatic heterocycles. The molecule has 142 valence electrons. The monoisotopic (exact) mass is 359 g/mol. The van der Waals surface area contributed by atoms with E-state index in [1.54, 1.807) is 0 Å². The van der Waals surface area contributed by atoms with Crippen LogP contribution in [0.4, 0.5) is 0 Å². The number of ether oxygens (including phenoxy) is 2. The molecule has 0 aliphatic rings. The second-order valence-electron chi connectivity index (χ2n) is 6.13. The van der Waals surface area contributed by atoms with Crippen LogP contribution < -0.4 is 0 Å². The Bertz CT molecular complexity index is 528. The van der Waals surface area contributed by atoms with E-state index in [1.807, 2.05) is 36.4 Å². The summed E-state index contributed by atoms with van der Waals surface area (Å²) in [6.07, 6.45) is 0. The molecule has 0 saturated heterocycles. The van der Waals surface area contributed by atoms with Gasteiger partial charge in [0.2, 0.25) is 0 Å². The number of hydrogen-bond acceptors (Lipinski definition) is 5. The summed E-state index contributed by atoms with van der Waals surface area (Å²) in [5, 5.41) is 18.0. The van der Waals surface area contributed by atoms with Crippen LogP contribution in [0.5, 0.6) is 0 Å². The fourth-order valence-electron chi connectivity index (χ4n) is 2.78. The first-order valence-corrected chi connectivity index (χ1v) is 9.02. The van der Waals surface area contributed by atoms with Crippen LogP contribution in [0.15, 0.2) is 60.7 Å².